The third-order valence-electron chi connectivity index (χ3n) is 3.23. The first kappa shape index (κ1) is 13.9. The van der Waals surface area contributed by atoms with Gasteiger partial charge in [0.1, 0.15) is 0 Å². The van der Waals surface area contributed by atoms with Crippen LogP contribution in [-0.2, 0) is 9.59 Å². The zero-order chi connectivity index (χ0) is 13.1. The number of carbonyl (C=O) groups is 2. The first-order valence-corrected chi connectivity index (χ1v) is 6.27. The molecule has 0 heterocycles. The van der Waals surface area contributed by atoms with Crippen molar-refractivity contribution in [3.63, 3.8) is 0 Å². The molecule has 0 aromatic carbocycles. The Morgan fingerprint density at radius 1 is 1.29 bits per heavy atom. The van der Waals surface area contributed by atoms with Gasteiger partial charge in [-0.3, -0.25) is 9.59 Å². The van der Waals surface area contributed by atoms with Crippen LogP contribution in [0, 0.1) is 11.3 Å². The van der Waals surface area contributed by atoms with Crippen LogP contribution in [0.15, 0.2) is 23.8 Å². The van der Waals surface area contributed by atoms with Crippen molar-refractivity contribution in [2.24, 2.45) is 11.3 Å². The largest absolute Gasteiger partial charge is 0.295 e. The van der Waals surface area contributed by atoms with Crippen molar-refractivity contribution in [1.82, 2.24) is 0 Å². The van der Waals surface area contributed by atoms with Crippen LogP contribution < -0.4 is 0 Å². The fraction of sp³-hybridized carbons (Fsp3) is 0.600. The Bertz CT molecular complexity index is 370. The molecule has 0 unspecified atom stereocenters. The topological polar surface area (TPSA) is 34.1 Å². The summed E-state index contributed by atoms with van der Waals surface area (Å²) in [6.45, 7) is 7.82. The Morgan fingerprint density at radius 3 is 2.59 bits per heavy atom. The summed E-state index contributed by atoms with van der Waals surface area (Å²) >= 11 is 0. The molecule has 2 nitrogen and oxygen atoms in total. The highest BCUT2D eigenvalue weighted by molar-refractivity contribution is 5.95. The highest BCUT2D eigenvalue weighted by Gasteiger charge is 2.18. The molecule has 94 valence electrons. The molecule has 0 spiro atoms. The summed E-state index contributed by atoms with van der Waals surface area (Å²) in [4.78, 5) is 23.6. The molecule has 2 heteroatoms. The predicted molar refractivity (Wildman–Crippen MR) is 69.7 cm³/mol. The van der Waals surface area contributed by atoms with E-state index < -0.39 is 0 Å². The highest BCUT2D eigenvalue weighted by Crippen LogP contribution is 2.24. The maximum Gasteiger partial charge on any atom is 0.158 e. The fourth-order valence-corrected chi connectivity index (χ4v) is 2.06. The van der Waals surface area contributed by atoms with Crippen molar-refractivity contribution >= 4 is 11.6 Å². The average molecular weight is 234 g/mol. The average Bonchev–Trinajstić information content (AvgIpc) is 2.24. The van der Waals surface area contributed by atoms with E-state index in [4.69, 9.17) is 0 Å². The molecular weight excluding hydrogens is 212 g/mol. The molecule has 0 aromatic heterocycles. The molecule has 1 aliphatic carbocycles. The van der Waals surface area contributed by atoms with Crippen molar-refractivity contribution in [2.45, 2.75) is 47.0 Å². The van der Waals surface area contributed by atoms with Crippen LogP contribution in [-0.4, -0.2) is 11.6 Å². The Balaban J connectivity index is 3.00. The number of hydrogen-bond donors (Lipinski definition) is 0. The van der Waals surface area contributed by atoms with Gasteiger partial charge in [-0.05, 0) is 31.4 Å². The second-order valence-electron chi connectivity index (χ2n) is 5.60. The Labute approximate surface area is 104 Å². The van der Waals surface area contributed by atoms with E-state index in [2.05, 4.69) is 0 Å². The molecule has 0 aromatic rings. The van der Waals surface area contributed by atoms with Gasteiger partial charge in [0.15, 0.2) is 11.6 Å². The van der Waals surface area contributed by atoms with Gasteiger partial charge in [-0.2, -0.15) is 0 Å². The lowest BCUT2D eigenvalue weighted by Gasteiger charge is -2.16. The van der Waals surface area contributed by atoms with Crippen LogP contribution in [0.1, 0.15) is 47.0 Å². The normalized spacial score (nSPS) is 31.3. The minimum absolute atomic E-state index is 0.0215. The molecule has 0 saturated heterocycles. The van der Waals surface area contributed by atoms with Crippen molar-refractivity contribution in [2.75, 3.05) is 0 Å². The number of hydrogen-bond acceptors (Lipinski definition) is 2. The van der Waals surface area contributed by atoms with Gasteiger partial charge in [0.05, 0.1) is 0 Å². The number of carbonyl (C=O) groups excluding carboxylic acids is 2. The second kappa shape index (κ2) is 5.44. The Hall–Kier alpha value is -1.18. The van der Waals surface area contributed by atoms with Crippen LogP contribution in [0.3, 0.4) is 0 Å². The molecule has 0 bridgehead atoms. The van der Waals surface area contributed by atoms with Gasteiger partial charge in [0, 0.05) is 17.8 Å². The first-order valence-electron chi connectivity index (χ1n) is 6.27. The maximum atomic E-state index is 11.8. The van der Waals surface area contributed by atoms with Gasteiger partial charge in [-0.25, -0.2) is 0 Å². The quantitative estimate of drug-likeness (QED) is 0.643. The Morgan fingerprint density at radius 2 is 1.94 bits per heavy atom. The van der Waals surface area contributed by atoms with Gasteiger partial charge in [-0.15, -0.1) is 0 Å². The van der Waals surface area contributed by atoms with Crippen LogP contribution in [0.2, 0.25) is 0 Å². The van der Waals surface area contributed by atoms with E-state index >= 15 is 0 Å². The molecule has 1 aliphatic rings. The lowest BCUT2D eigenvalue weighted by Crippen LogP contribution is -2.09. The summed E-state index contributed by atoms with van der Waals surface area (Å²) in [7, 11) is 0. The molecule has 1 rings (SSSR count). The third-order valence-corrected chi connectivity index (χ3v) is 3.23. The standard InChI is InChI=1S/C15H22O2/c1-11-6-5-7-13(16)12(2)10-15(3,4)9-8-14(11)17/h8-11H,5-7H2,1-4H3/b9-8+,12-10-/t11-/m0/s1. The van der Waals surface area contributed by atoms with Crippen molar-refractivity contribution in [1.29, 1.82) is 0 Å². The molecular formula is C15H22O2. The first-order chi connectivity index (χ1) is 7.82. The van der Waals surface area contributed by atoms with E-state index in [0.29, 0.717) is 6.42 Å². The second-order valence-corrected chi connectivity index (χ2v) is 5.60. The summed E-state index contributed by atoms with van der Waals surface area (Å²) in [5, 5.41) is 0. The fourth-order valence-electron chi connectivity index (χ4n) is 2.06. The minimum Gasteiger partial charge on any atom is -0.295 e. The van der Waals surface area contributed by atoms with E-state index in [9.17, 15) is 9.59 Å². The third kappa shape index (κ3) is 4.29. The van der Waals surface area contributed by atoms with Gasteiger partial charge in [-0.1, -0.05) is 32.9 Å². The van der Waals surface area contributed by atoms with Crippen LogP contribution >= 0.6 is 0 Å². The van der Waals surface area contributed by atoms with Crippen molar-refractivity contribution < 1.29 is 9.59 Å². The summed E-state index contributed by atoms with van der Waals surface area (Å²) in [5.74, 6) is 0.389. The zero-order valence-electron chi connectivity index (χ0n) is 11.2. The lowest BCUT2D eigenvalue weighted by molar-refractivity contribution is -0.119. The van der Waals surface area contributed by atoms with E-state index in [1.807, 2.05) is 39.8 Å². The number of Topliss-reactive ketones (excluding diaryl/α,β-unsaturated/α-hetero) is 1. The smallest absolute Gasteiger partial charge is 0.158 e. The summed E-state index contributed by atoms with van der Waals surface area (Å²) < 4.78 is 0. The lowest BCUT2D eigenvalue weighted by atomic mass is 9.89. The number of rotatable bonds is 0. The molecule has 0 radical (unpaired) electrons. The van der Waals surface area contributed by atoms with Crippen molar-refractivity contribution in [3.8, 4) is 0 Å². The van der Waals surface area contributed by atoms with Gasteiger partial charge >= 0.3 is 0 Å². The summed E-state index contributed by atoms with van der Waals surface area (Å²) in [6, 6.07) is 0. The monoisotopic (exact) mass is 234 g/mol. The molecule has 0 amide bonds. The van der Waals surface area contributed by atoms with Crippen LogP contribution in [0.25, 0.3) is 0 Å². The van der Waals surface area contributed by atoms with E-state index in [-0.39, 0.29) is 22.9 Å². The Kier molecular flexibility index (Phi) is 4.44. The molecule has 0 fully saturated rings. The van der Waals surface area contributed by atoms with Crippen LogP contribution in [0.5, 0.6) is 0 Å². The number of allylic oxidation sites excluding steroid dienone is 4. The minimum atomic E-state index is -0.237. The molecule has 0 N–H and O–H groups in total. The van der Waals surface area contributed by atoms with E-state index in [1.165, 1.54) is 0 Å². The van der Waals surface area contributed by atoms with E-state index in [1.54, 1.807) is 6.08 Å². The van der Waals surface area contributed by atoms with Crippen molar-refractivity contribution in [3.05, 3.63) is 23.8 Å². The van der Waals surface area contributed by atoms with E-state index in [0.717, 1.165) is 18.4 Å². The maximum absolute atomic E-state index is 11.8. The van der Waals surface area contributed by atoms with Gasteiger partial charge in [0.2, 0.25) is 0 Å². The SMILES string of the molecule is C/C1=C/C(C)(C)/C=C/C(=O)[C@@H](C)CCCC1=O. The molecule has 17 heavy (non-hydrogen) atoms. The van der Waals surface area contributed by atoms with Crippen LogP contribution in [0.4, 0.5) is 0 Å². The molecule has 1 atom stereocenters. The van der Waals surface area contributed by atoms with Gasteiger partial charge in [0.25, 0.3) is 0 Å². The van der Waals surface area contributed by atoms with Gasteiger partial charge < -0.3 is 0 Å². The summed E-state index contributed by atoms with van der Waals surface area (Å²) in [5.41, 5.74) is 0.570. The highest BCUT2D eigenvalue weighted by atomic mass is 16.1. The predicted octanol–water partition coefficient (Wildman–Crippen LogP) is 3.47. The molecule has 0 aliphatic heterocycles. The molecule has 0 saturated carbocycles. The summed E-state index contributed by atoms with van der Waals surface area (Å²) in [6.07, 6.45) is 7.66. The zero-order valence-corrected chi connectivity index (χ0v) is 11.2. The number of ketones is 2.